The van der Waals surface area contributed by atoms with Gasteiger partial charge in [-0.25, -0.2) is 9.78 Å². The molecule has 1 unspecified atom stereocenters. The number of aliphatic carboxylic acids is 1. The molecule has 1 aromatic heterocycles. The number of imidazole rings is 1. The Bertz CT molecular complexity index is 1450. The number of aromatic nitrogens is 2. The molecule has 1 aliphatic heterocycles. The maximum absolute atomic E-state index is 12.9. The molecule has 2 aromatic carbocycles. The number of piperidine rings is 1. The summed E-state index contributed by atoms with van der Waals surface area (Å²) >= 11 is 20.3. The number of rotatable bonds is 10. The van der Waals surface area contributed by atoms with Crippen molar-refractivity contribution in [3.63, 3.8) is 0 Å². The van der Waals surface area contributed by atoms with Crippen LogP contribution in [0.1, 0.15) is 29.7 Å². The molecule has 8 nitrogen and oxygen atoms in total. The molecule has 1 saturated heterocycles. The van der Waals surface area contributed by atoms with Crippen molar-refractivity contribution in [2.45, 2.75) is 36.7 Å². The van der Waals surface area contributed by atoms with E-state index in [1.807, 2.05) is 41.2 Å². The number of benzene rings is 2. The molecule has 4 rings (SSSR count). The molecule has 0 radical (unpaired) electrons. The van der Waals surface area contributed by atoms with Gasteiger partial charge in [0.15, 0.2) is 0 Å². The lowest BCUT2D eigenvalue weighted by Crippen LogP contribution is -2.48. The lowest BCUT2D eigenvalue weighted by molar-refractivity contribution is -0.142. The van der Waals surface area contributed by atoms with E-state index in [9.17, 15) is 19.5 Å². The third kappa shape index (κ3) is 8.07. The van der Waals surface area contributed by atoms with E-state index in [-0.39, 0.29) is 18.2 Å². The van der Waals surface area contributed by atoms with E-state index >= 15 is 0 Å². The summed E-state index contributed by atoms with van der Waals surface area (Å²) in [7, 11) is 0. The normalized spacial score (nSPS) is 14.8. The second-order valence-corrected chi connectivity index (χ2v) is 11.7. The highest BCUT2D eigenvalue weighted by molar-refractivity contribution is 7.98. The Morgan fingerprint density at radius 1 is 1.12 bits per heavy atom. The van der Waals surface area contributed by atoms with Crippen molar-refractivity contribution in [3.05, 3.63) is 86.9 Å². The number of likely N-dealkylation sites (tertiary alicyclic amines) is 1. The van der Waals surface area contributed by atoms with Crippen molar-refractivity contribution in [2.75, 3.05) is 19.3 Å². The smallest absolute Gasteiger partial charge is 0.326 e. The zero-order chi connectivity index (χ0) is 29.5. The van der Waals surface area contributed by atoms with Crippen LogP contribution in [-0.2, 0) is 27.3 Å². The van der Waals surface area contributed by atoms with E-state index < -0.39 is 17.9 Å². The summed E-state index contributed by atoms with van der Waals surface area (Å²) in [5, 5.41) is 13.9. The number of carbonyl (C=O) groups is 3. The second kappa shape index (κ2) is 14.3. The SMILES string of the molecule is CSc1ccc(/C=C/C(=O)N2CCC(C(=O)NC(Cc3cn(Cc4ccccc4Cl)cn3)C(=O)O)CC2)c(Cl)c1Cl. The zero-order valence-corrected chi connectivity index (χ0v) is 25.3. The summed E-state index contributed by atoms with van der Waals surface area (Å²) < 4.78 is 1.82. The summed E-state index contributed by atoms with van der Waals surface area (Å²) in [5.41, 5.74) is 2.10. The number of nitrogens with one attached hydrogen (secondary N) is 1. The summed E-state index contributed by atoms with van der Waals surface area (Å²) in [4.78, 5) is 44.4. The van der Waals surface area contributed by atoms with Gasteiger partial charge in [-0.15, -0.1) is 11.8 Å². The van der Waals surface area contributed by atoms with Gasteiger partial charge < -0.3 is 19.9 Å². The van der Waals surface area contributed by atoms with Crippen molar-refractivity contribution in [1.82, 2.24) is 19.8 Å². The molecule has 1 fully saturated rings. The standard InChI is InChI=1S/C29H29Cl3N4O4S/c1-41-24-8-6-18(26(31)27(24)32)7-9-25(37)36-12-10-19(11-13-36)28(38)34-23(29(39)40)14-21-16-35(17-33-21)15-20-4-2-3-5-22(20)30/h2-9,16-17,19,23H,10-15H2,1H3,(H,34,38)(H,39,40)/b9-7+. The molecule has 2 N–H and O–H groups in total. The number of carboxylic acids is 1. The number of hydrogen-bond donors (Lipinski definition) is 2. The van der Waals surface area contributed by atoms with Gasteiger partial charge in [-0.3, -0.25) is 9.59 Å². The minimum Gasteiger partial charge on any atom is -0.480 e. The van der Waals surface area contributed by atoms with Gasteiger partial charge in [-0.1, -0.05) is 59.1 Å². The molecule has 41 heavy (non-hydrogen) atoms. The first-order chi connectivity index (χ1) is 19.7. The monoisotopic (exact) mass is 634 g/mol. The minimum absolute atomic E-state index is 0.0449. The fraction of sp³-hybridized carbons (Fsp3) is 0.310. The summed E-state index contributed by atoms with van der Waals surface area (Å²) in [6.45, 7) is 1.25. The molecule has 0 saturated carbocycles. The molecule has 12 heteroatoms. The lowest BCUT2D eigenvalue weighted by atomic mass is 9.95. The van der Waals surface area contributed by atoms with Gasteiger partial charge in [0.05, 0.1) is 22.1 Å². The third-order valence-electron chi connectivity index (χ3n) is 6.90. The summed E-state index contributed by atoms with van der Waals surface area (Å²) in [6.07, 6.45) is 9.25. The maximum Gasteiger partial charge on any atom is 0.326 e. The van der Waals surface area contributed by atoms with Crippen LogP contribution in [-0.4, -0.2) is 62.7 Å². The largest absolute Gasteiger partial charge is 0.480 e. The fourth-order valence-electron chi connectivity index (χ4n) is 4.58. The Morgan fingerprint density at radius 2 is 1.85 bits per heavy atom. The minimum atomic E-state index is -1.14. The average molecular weight is 636 g/mol. The summed E-state index contributed by atoms with van der Waals surface area (Å²) in [6, 6.07) is 10.00. The Hall–Kier alpha value is -2.98. The van der Waals surface area contributed by atoms with Crippen LogP contribution in [0.15, 0.2) is 59.9 Å². The van der Waals surface area contributed by atoms with Crippen molar-refractivity contribution < 1.29 is 19.5 Å². The van der Waals surface area contributed by atoms with Crippen molar-refractivity contribution in [3.8, 4) is 0 Å². The molecule has 0 spiro atoms. The van der Waals surface area contributed by atoms with Crippen LogP contribution in [0.4, 0.5) is 0 Å². The van der Waals surface area contributed by atoms with E-state index in [0.717, 1.165) is 10.5 Å². The van der Waals surface area contributed by atoms with E-state index in [4.69, 9.17) is 34.8 Å². The number of thioether (sulfide) groups is 1. The van der Waals surface area contributed by atoms with E-state index in [0.29, 0.717) is 58.8 Å². The van der Waals surface area contributed by atoms with Crippen LogP contribution in [0.3, 0.4) is 0 Å². The number of hydrogen-bond acceptors (Lipinski definition) is 5. The van der Waals surface area contributed by atoms with Gasteiger partial charge in [0.2, 0.25) is 11.8 Å². The van der Waals surface area contributed by atoms with Crippen LogP contribution >= 0.6 is 46.6 Å². The van der Waals surface area contributed by atoms with Gasteiger partial charge in [0.1, 0.15) is 6.04 Å². The van der Waals surface area contributed by atoms with Crippen LogP contribution < -0.4 is 5.32 Å². The first-order valence-corrected chi connectivity index (χ1v) is 15.3. The number of halogens is 3. The lowest BCUT2D eigenvalue weighted by Gasteiger charge is -2.31. The molecule has 2 amide bonds. The van der Waals surface area contributed by atoms with E-state index in [1.54, 1.807) is 29.6 Å². The number of nitrogens with zero attached hydrogens (tertiary/aromatic N) is 3. The van der Waals surface area contributed by atoms with E-state index in [2.05, 4.69) is 10.3 Å². The van der Waals surface area contributed by atoms with Crippen molar-refractivity contribution >= 4 is 70.4 Å². The molecular formula is C29H29Cl3N4O4S. The van der Waals surface area contributed by atoms with Gasteiger partial charge in [-0.05, 0) is 48.4 Å². The molecule has 1 aliphatic rings. The van der Waals surface area contributed by atoms with Gasteiger partial charge in [0, 0.05) is 54.2 Å². The topological polar surface area (TPSA) is 105 Å². The predicted molar refractivity (Wildman–Crippen MR) is 163 cm³/mol. The second-order valence-electron chi connectivity index (χ2n) is 9.65. The van der Waals surface area contributed by atoms with Crippen LogP contribution in [0.5, 0.6) is 0 Å². The quantitative estimate of drug-likeness (QED) is 0.220. The Labute approximate surface area is 257 Å². The number of amides is 2. The molecule has 0 aliphatic carbocycles. The zero-order valence-electron chi connectivity index (χ0n) is 22.2. The van der Waals surface area contributed by atoms with Gasteiger partial charge in [-0.2, -0.15) is 0 Å². The predicted octanol–water partition coefficient (Wildman–Crippen LogP) is 5.68. The Balaban J connectivity index is 1.28. The fourth-order valence-corrected chi connectivity index (χ4v) is 5.95. The molecule has 216 valence electrons. The van der Waals surface area contributed by atoms with Crippen LogP contribution in [0, 0.1) is 5.92 Å². The molecule has 3 aromatic rings. The first kappa shape index (κ1) is 31.0. The van der Waals surface area contributed by atoms with Gasteiger partial charge >= 0.3 is 5.97 Å². The Kier molecular flexibility index (Phi) is 10.8. The highest BCUT2D eigenvalue weighted by atomic mass is 35.5. The number of carbonyl (C=O) groups excluding carboxylic acids is 2. The maximum atomic E-state index is 12.9. The molecule has 2 heterocycles. The highest BCUT2D eigenvalue weighted by Gasteiger charge is 2.30. The molecule has 1 atom stereocenters. The van der Waals surface area contributed by atoms with Crippen LogP contribution in [0.2, 0.25) is 15.1 Å². The first-order valence-electron chi connectivity index (χ1n) is 12.9. The van der Waals surface area contributed by atoms with E-state index in [1.165, 1.54) is 17.8 Å². The van der Waals surface area contributed by atoms with Gasteiger partial charge in [0.25, 0.3) is 0 Å². The number of carboxylic acid groups (broad SMARTS) is 1. The average Bonchev–Trinajstić information content (AvgIpc) is 3.41. The van der Waals surface area contributed by atoms with Crippen molar-refractivity contribution in [1.29, 1.82) is 0 Å². The van der Waals surface area contributed by atoms with Crippen LogP contribution in [0.25, 0.3) is 6.08 Å². The van der Waals surface area contributed by atoms with Crippen molar-refractivity contribution in [2.24, 2.45) is 5.92 Å². The Morgan fingerprint density at radius 3 is 2.54 bits per heavy atom. The summed E-state index contributed by atoms with van der Waals surface area (Å²) in [5.74, 6) is -2.07. The highest BCUT2D eigenvalue weighted by Crippen LogP contribution is 2.35. The third-order valence-corrected chi connectivity index (χ3v) is 9.06. The molecular weight excluding hydrogens is 607 g/mol. The molecule has 0 bridgehead atoms.